The van der Waals surface area contributed by atoms with E-state index in [0.717, 1.165) is 12.1 Å². The number of benzene rings is 1. The van der Waals surface area contributed by atoms with Crippen molar-refractivity contribution in [2.75, 3.05) is 6.54 Å². The predicted molar refractivity (Wildman–Crippen MR) is 97.2 cm³/mol. The zero-order chi connectivity index (χ0) is 16.1. The van der Waals surface area contributed by atoms with E-state index in [1.54, 1.807) is 6.21 Å². The Labute approximate surface area is 138 Å². The zero-order valence-corrected chi connectivity index (χ0v) is 14.5. The van der Waals surface area contributed by atoms with Crippen LogP contribution >= 0.6 is 12.2 Å². The molecule has 0 saturated carbocycles. The molecule has 1 unspecified atom stereocenters. The highest BCUT2D eigenvalue weighted by Crippen LogP contribution is 2.22. The summed E-state index contributed by atoms with van der Waals surface area (Å²) in [6.45, 7) is 8.82. The maximum Gasteiger partial charge on any atom is 0.184 e. The van der Waals surface area contributed by atoms with E-state index < -0.39 is 0 Å². The Morgan fingerprint density at radius 2 is 2.23 bits per heavy atom. The van der Waals surface area contributed by atoms with Crippen molar-refractivity contribution in [2.45, 2.75) is 52.6 Å². The Morgan fingerprint density at radius 3 is 2.91 bits per heavy atom. The molecule has 1 aromatic carbocycles. The fraction of sp³-hybridized carbons (Fsp3) is 0.529. The molecule has 1 aliphatic rings. The van der Waals surface area contributed by atoms with Crippen LogP contribution in [0.25, 0.3) is 0 Å². The SMILES string of the molecule is Cc1cc(C=NNC(N)=S)c(C)c(CN2CCCCC2C)c1. The maximum atomic E-state index is 5.39. The largest absolute Gasteiger partial charge is 0.375 e. The molecule has 120 valence electrons. The number of hydrazone groups is 1. The van der Waals surface area contributed by atoms with Crippen LogP contribution in [0.5, 0.6) is 0 Å². The minimum atomic E-state index is 0.184. The molecular formula is C17H26N4S. The maximum absolute atomic E-state index is 5.39. The second-order valence-electron chi connectivity index (χ2n) is 6.19. The number of thiocarbonyl (C=S) groups is 1. The molecule has 0 radical (unpaired) electrons. The van der Waals surface area contributed by atoms with Crippen LogP contribution in [0, 0.1) is 13.8 Å². The third-order valence-electron chi connectivity index (χ3n) is 4.39. The number of hydrogen-bond donors (Lipinski definition) is 2. The van der Waals surface area contributed by atoms with Gasteiger partial charge in [0.25, 0.3) is 0 Å². The molecule has 4 nitrogen and oxygen atoms in total. The highest BCUT2D eigenvalue weighted by Gasteiger charge is 2.19. The summed E-state index contributed by atoms with van der Waals surface area (Å²) in [6.07, 6.45) is 5.76. The van der Waals surface area contributed by atoms with Gasteiger partial charge in [0.1, 0.15) is 0 Å². The van der Waals surface area contributed by atoms with E-state index in [-0.39, 0.29) is 5.11 Å². The van der Waals surface area contributed by atoms with Gasteiger partial charge in [-0.25, -0.2) is 0 Å². The van der Waals surface area contributed by atoms with Crippen molar-refractivity contribution in [3.63, 3.8) is 0 Å². The van der Waals surface area contributed by atoms with E-state index >= 15 is 0 Å². The molecule has 2 rings (SSSR count). The van der Waals surface area contributed by atoms with Crippen LogP contribution in [0.1, 0.15) is 48.4 Å². The Balaban J connectivity index is 2.18. The molecule has 1 atom stereocenters. The van der Waals surface area contributed by atoms with Gasteiger partial charge < -0.3 is 5.73 Å². The number of aryl methyl sites for hydroxylation is 1. The van der Waals surface area contributed by atoms with Crippen LogP contribution in [0.2, 0.25) is 0 Å². The van der Waals surface area contributed by atoms with Gasteiger partial charge in [-0.3, -0.25) is 10.3 Å². The predicted octanol–water partition coefficient (Wildman–Crippen LogP) is 2.84. The molecule has 3 N–H and O–H groups in total. The smallest absolute Gasteiger partial charge is 0.184 e. The minimum Gasteiger partial charge on any atom is -0.375 e. The van der Waals surface area contributed by atoms with Gasteiger partial charge in [0.05, 0.1) is 6.21 Å². The summed E-state index contributed by atoms with van der Waals surface area (Å²) in [5.41, 5.74) is 13.0. The number of likely N-dealkylation sites (tertiary alicyclic amines) is 1. The van der Waals surface area contributed by atoms with Crippen molar-refractivity contribution in [3.8, 4) is 0 Å². The number of piperidine rings is 1. The molecule has 1 fully saturated rings. The summed E-state index contributed by atoms with van der Waals surface area (Å²) >= 11 is 4.76. The highest BCUT2D eigenvalue weighted by molar-refractivity contribution is 7.80. The van der Waals surface area contributed by atoms with E-state index in [4.69, 9.17) is 18.0 Å². The number of nitrogens with one attached hydrogen (secondary N) is 1. The summed E-state index contributed by atoms with van der Waals surface area (Å²) in [4.78, 5) is 2.58. The minimum absolute atomic E-state index is 0.184. The third kappa shape index (κ3) is 4.52. The monoisotopic (exact) mass is 318 g/mol. The van der Waals surface area contributed by atoms with Crippen molar-refractivity contribution in [2.24, 2.45) is 10.8 Å². The van der Waals surface area contributed by atoms with Gasteiger partial charge in [-0.1, -0.05) is 24.1 Å². The average molecular weight is 318 g/mol. The highest BCUT2D eigenvalue weighted by atomic mass is 32.1. The van der Waals surface area contributed by atoms with Gasteiger partial charge in [-0.05, 0) is 69.1 Å². The van der Waals surface area contributed by atoms with Crippen LogP contribution < -0.4 is 11.2 Å². The molecular weight excluding hydrogens is 292 g/mol. The Hall–Kier alpha value is -1.46. The summed E-state index contributed by atoms with van der Waals surface area (Å²) in [5, 5.41) is 4.28. The van der Waals surface area contributed by atoms with Gasteiger partial charge in [0.2, 0.25) is 0 Å². The van der Waals surface area contributed by atoms with Crippen molar-refractivity contribution in [3.05, 3.63) is 34.4 Å². The molecule has 0 amide bonds. The number of nitrogens with two attached hydrogens (primary N) is 1. The molecule has 0 spiro atoms. The van der Waals surface area contributed by atoms with Crippen LogP contribution in [-0.2, 0) is 6.54 Å². The number of rotatable bonds is 4. The lowest BCUT2D eigenvalue weighted by Crippen LogP contribution is -2.37. The molecule has 0 aliphatic carbocycles. The molecule has 1 aliphatic heterocycles. The summed E-state index contributed by atoms with van der Waals surface area (Å²) in [5.74, 6) is 0. The van der Waals surface area contributed by atoms with Gasteiger partial charge in [-0.15, -0.1) is 0 Å². The lowest BCUT2D eigenvalue weighted by Gasteiger charge is -2.34. The quantitative estimate of drug-likeness (QED) is 0.509. The summed E-state index contributed by atoms with van der Waals surface area (Å²) in [6, 6.07) is 5.10. The Bertz CT molecular complexity index is 568. The Kier molecular flexibility index (Phi) is 5.91. The summed E-state index contributed by atoms with van der Waals surface area (Å²) in [7, 11) is 0. The van der Waals surface area contributed by atoms with Crippen LogP contribution in [-0.4, -0.2) is 28.8 Å². The standard InChI is InChI=1S/C17H26N4S/c1-12-8-15(10-19-20-17(18)22)14(3)16(9-12)11-21-7-5-4-6-13(21)2/h8-10,13H,4-7,11H2,1-3H3,(H3,18,20,22). The second-order valence-corrected chi connectivity index (χ2v) is 6.63. The Morgan fingerprint density at radius 1 is 1.45 bits per heavy atom. The van der Waals surface area contributed by atoms with E-state index in [0.29, 0.717) is 6.04 Å². The molecule has 0 aromatic heterocycles. The van der Waals surface area contributed by atoms with E-state index in [9.17, 15) is 0 Å². The lowest BCUT2D eigenvalue weighted by molar-refractivity contribution is 0.152. The van der Waals surface area contributed by atoms with E-state index in [1.807, 2.05) is 0 Å². The first-order valence-corrected chi connectivity index (χ1v) is 8.31. The number of hydrogen-bond acceptors (Lipinski definition) is 3. The molecule has 1 saturated heterocycles. The van der Waals surface area contributed by atoms with E-state index in [1.165, 1.54) is 42.5 Å². The molecule has 0 bridgehead atoms. The number of nitrogens with zero attached hydrogens (tertiary/aromatic N) is 2. The van der Waals surface area contributed by atoms with Gasteiger partial charge >= 0.3 is 0 Å². The van der Waals surface area contributed by atoms with Crippen LogP contribution in [0.4, 0.5) is 0 Å². The van der Waals surface area contributed by atoms with Gasteiger partial charge in [0, 0.05) is 12.6 Å². The molecule has 22 heavy (non-hydrogen) atoms. The first-order chi connectivity index (χ1) is 10.5. The molecule has 5 heteroatoms. The molecule has 1 heterocycles. The van der Waals surface area contributed by atoms with Crippen molar-refractivity contribution >= 4 is 23.5 Å². The third-order valence-corrected chi connectivity index (χ3v) is 4.48. The lowest BCUT2D eigenvalue weighted by atomic mass is 9.97. The first-order valence-electron chi connectivity index (χ1n) is 7.90. The fourth-order valence-corrected chi connectivity index (χ4v) is 3.09. The average Bonchev–Trinajstić information content (AvgIpc) is 2.45. The van der Waals surface area contributed by atoms with Gasteiger partial charge in [-0.2, -0.15) is 5.10 Å². The van der Waals surface area contributed by atoms with E-state index in [2.05, 4.69) is 48.3 Å². The second kappa shape index (κ2) is 7.70. The van der Waals surface area contributed by atoms with Crippen LogP contribution in [0.15, 0.2) is 17.2 Å². The fourth-order valence-electron chi connectivity index (χ4n) is 3.04. The normalized spacial score (nSPS) is 19.5. The van der Waals surface area contributed by atoms with Crippen LogP contribution in [0.3, 0.4) is 0 Å². The van der Waals surface area contributed by atoms with Crippen molar-refractivity contribution in [1.29, 1.82) is 0 Å². The van der Waals surface area contributed by atoms with Gasteiger partial charge in [0.15, 0.2) is 5.11 Å². The first kappa shape index (κ1) is 16.9. The molecule has 1 aromatic rings. The van der Waals surface area contributed by atoms with Crippen molar-refractivity contribution < 1.29 is 0 Å². The van der Waals surface area contributed by atoms with Crippen molar-refractivity contribution in [1.82, 2.24) is 10.3 Å². The summed E-state index contributed by atoms with van der Waals surface area (Å²) < 4.78 is 0. The zero-order valence-electron chi connectivity index (χ0n) is 13.7. The topological polar surface area (TPSA) is 53.6 Å².